The van der Waals surface area contributed by atoms with Crippen molar-refractivity contribution >= 4 is 39.9 Å². The van der Waals surface area contributed by atoms with Gasteiger partial charge in [-0.25, -0.2) is 0 Å². The molecule has 0 saturated carbocycles. The molecule has 0 saturated heterocycles. The summed E-state index contributed by atoms with van der Waals surface area (Å²) in [5, 5.41) is -0.407. The van der Waals surface area contributed by atoms with Gasteiger partial charge in [-0.3, -0.25) is 4.79 Å². The Balaban J connectivity index is 0. The second kappa shape index (κ2) is 6.61. The van der Waals surface area contributed by atoms with Gasteiger partial charge in [0.2, 0.25) is 0 Å². The molecule has 0 radical (unpaired) electrons. The van der Waals surface area contributed by atoms with Crippen LogP contribution in [-0.4, -0.2) is 28.3 Å². The number of hydrogen-bond acceptors (Lipinski definition) is 1. The van der Waals surface area contributed by atoms with Crippen LogP contribution in [0.5, 0.6) is 0 Å². The van der Waals surface area contributed by atoms with Crippen LogP contribution < -0.4 is 0 Å². The minimum Gasteiger partial charge on any atom is -2.00 e. The summed E-state index contributed by atoms with van der Waals surface area (Å²) >= 11 is 5.16. The fraction of sp³-hybridized carbons (Fsp3) is 0. The van der Waals surface area contributed by atoms with Crippen LogP contribution in [0.15, 0.2) is 30.3 Å². The van der Waals surface area contributed by atoms with Crippen LogP contribution in [0, 0.1) is 0 Å². The third kappa shape index (κ3) is 4.37. The summed E-state index contributed by atoms with van der Waals surface area (Å²) in [6.45, 7) is 0. The first kappa shape index (κ1) is 13.5. The Morgan fingerprint density at radius 1 is 1.18 bits per heavy atom. The van der Waals surface area contributed by atoms with Gasteiger partial charge in [0, 0.05) is 5.56 Å². The van der Waals surface area contributed by atoms with E-state index >= 15 is 0 Å². The summed E-state index contributed by atoms with van der Waals surface area (Å²) in [5.41, 5.74) is 0.541. The predicted molar refractivity (Wildman–Crippen MR) is 43.1 cm³/mol. The van der Waals surface area contributed by atoms with E-state index in [1.807, 2.05) is 6.07 Å². The van der Waals surface area contributed by atoms with Crippen molar-refractivity contribution in [3.63, 3.8) is 0 Å². The van der Waals surface area contributed by atoms with Gasteiger partial charge in [-0.05, 0) is 11.6 Å². The average molecular weight is 181 g/mol. The standard InChI is InChI=1S/C7H5ClO.Mg.O/c8-7(9)6-4-2-1-3-5-6;;/h1-5H;;/q;+2;-2. The van der Waals surface area contributed by atoms with Gasteiger partial charge < -0.3 is 5.48 Å². The average Bonchev–Trinajstić information content (AvgIpc) is 1.90. The zero-order valence-corrected chi connectivity index (χ0v) is 7.96. The van der Waals surface area contributed by atoms with E-state index in [9.17, 15) is 4.79 Å². The maximum Gasteiger partial charge on any atom is 2.00 e. The Kier molecular flexibility index (Phi) is 8.10. The minimum absolute atomic E-state index is 0. The number of hydrogen-bond donors (Lipinski definition) is 0. The van der Waals surface area contributed by atoms with Crippen LogP contribution in [0.4, 0.5) is 0 Å². The number of benzene rings is 1. The number of rotatable bonds is 1. The first-order valence-electron chi connectivity index (χ1n) is 2.55. The summed E-state index contributed by atoms with van der Waals surface area (Å²) < 4.78 is 0. The normalized spacial score (nSPS) is 7.36. The van der Waals surface area contributed by atoms with Crippen LogP contribution in [0.25, 0.3) is 0 Å². The van der Waals surface area contributed by atoms with Crippen LogP contribution >= 0.6 is 11.6 Å². The van der Waals surface area contributed by atoms with Crippen LogP contribution in [0.2, 0.25) is 0 Å². The minimum atomic E-state index is -0.407. The third-order valence-corrected chi connectivity index (χ3v) is 1.22. The van der Waals surface area contributed by atoms with E-state index in [1.165, 1.54) is 0 Å². The van der Waals surface area contributed by atoms with Gasteiger partial charge in [0.05, 0.1) is 0 Å². The van der Waals surface area contributed by atoms with E-state index in [0.717, 1.165) is 0 Å². The molecule has 4 heteroatoms. The topological polar surface area (TPSA) is 45.6 Å². The van der Waals surface area contributed by atoms with Crippen LogP contribution in [-0.2, 0) is 5.48 Å². The van der Waals surface area contributed by atoms with Gasteiger partial charge in [0.1, 0.15) is 0 Å². The smallest absolute Gasteiger partial charge is 2.00 e. The molecule has 54 valence electrons. The summed E-state index contributed by atoms with van der Waals surface area (Å²) in [7, 11) is 0. The first-order valence-corrected chi connectivity index (χ1v) is 2.93. The molecule has 1 aromatic rings. The molecule has 0 bridgehead atoms. The molecule has 11 heavy (non-hydrogen) atoms. The summed E-state index contributed by atoms with van der Waals surface area (Å²) in [4.78, 5) is 10.4. The molecule has 0 fully saturated rings. The molecule has 0 atom stereocenters. The molecular weight excluding hydrogens is 176 g/mol. The van der Waals surface area contributed by atoms with Crippen molar-refractivity contribution in [2.24, 2.45) is 0 Å². The molecule has 0 spiro atoms. The Bertz CT molecular complexity index is 213. The van der Waals surface area contributed by atoms with E-state index in [4.69, 9.17) is 11.6 Å². The molecule has 1 aromatic carbocycles. The van der Waals surface area contributed by atoms with Gasteiger partial charge in [-0.2, -0.15) is 0 Å². The van der Waals surface area contributed by atoms with Gasteiger partial charge in [0.15, 0.2) is 0 Å². The maximum absolute atomic E-state index is 10.4. The van der Waals surface area contributed by atoms with Crippen LogP contribution in [0.1, 0.15) is 10.4 Å². The summed E-state index contributed by atoms with van der Waals surface area (Å²) in [6, 6.07) is 8.74. The first-order chi connectivity index (χ1) is 4.30. The molecule has 0 heterocycles. The number of carbonyl (C=O) groups excluding carboxylic acids is 1. The summed E-state index contributed by atoms with van der Waals surface area (Å²) in [5.74, 6) is 0. The quantitative estimate of drug-likeness (QED) is 0.478. The monoisotopic (exact) mass is 180 g/mol. The maximum atomic E-state index is 10.4. The van der Waals surface area contributed by atoms with Crippen molar-refractivity contribution in [1.29, 1.82) is 0 Å². The van der Waals surface area contributed by atoms with Crippen molar-refractivity contribution in [3.8, 4) is 0 Å². The Labute approximate surface area is 86.0 Å². The van der Waals surface area contributed by atoms with Gasteiger partial charge >= 0.3 is 23.1 Å². The fourth-order valence-electron chi connectivity index (χ4n) is 0.569. The van der Waals surface area contributed by atoms with Crippen molar-refractivity contribution in [2.45, 2.75) is 0 Å². The molecule has 0 amide bonds. The van der Waals surface area contributed by atoms with Crippen molar-refractivity contribution in [3.05, 3.63) is 35.9 Å². The van der Waals surface area contributed by atoms with Gasteiger partial charge in [0.25, 0.3) is 5.24 Å². The van der Waals surface area contributed by atoms with E-state index in [-0.39, 0.29) is 28.5 Å². The van der Waals surface area contributed by atoms with Crippen molar-refractivity contribution < 1.29 is 10.3 Å². The third-order valence-electron chi connectivity index (χ3n) is 1.00. The van der Waals surface area contributed by atoms with Crippen molar-refractivity contribution in [1.82, 2.24) is 0 Å². The molecule has 0 aliphatic rings. The molecule has 1 rings (SSSR count). The molecular formula is C7H5ClMgO2. The molecule has 0 aromatic heterocycles. The van der Waals surface area contributed by atoms with E-state index < -0.39 is 5.24 Å². The number of carbonyl (C=O) groups is 1. The zero-order chi connectivity index (χ0) is 6.69. The molecule has 0 aliphatic carbocycles. The molecule has 0 aliphatic heterocycles. The van der Waals surface area contributed by atoms with Crippen LogP contribution in [0.3, 0.4) is 0 Å². The fourth-order valence-corrected chi connectivity index (χ4v) is 0.695. The SMILES string of the molecule is O=C(Cl)c1ccccc1.[Mg+2].[O-2]. The zero-order valence-electron chi connectivity index (χ0n) is 5.79. The van der Waals surface area contributed by atoms with Gasteiger partial charge in [-0.15, -0.1) is 0 Å². The second-order valence-corrected chi connectivity index (χ2v) is 1.98. The summed E-state index contributed by atoms with van der Waals surface area (Å²) in [6.07, 6.45) is 0. The Hall–Kier alpha value is -0.0938. The Morgan fingerprint density at radius 2 is 1.64 bits per heavy atom. The van der Waals surface area contributed by atoms with E-state index in [1.54, 1.807) is 24.3 Å². The van der Waals surface area contributed by atoms with Gasteiger partial charge in [-0.1, -0.05) is 30.3 Å². The van der Waals surface area contributed by atoms with E-state index in [2.05, 4.69) is 0 Å². The van der Waals surface area contributed by atoms with E-state index in [0.29, 0.717) is 5.56 Å². The predicted octanol–water partition coefficient (Wildman–Crippen LogP) is 1.57. The molecule has 2 nitrogen and oxygen atoms in total. The second-order valence-electron chi connectivity index (χ2n) is 1.64. The molecule has 0 unspecified atom stereocenters. The largest absolute Gasteiger partial charge is 2.00 e. The molecule has 0 N–H and O–H groups in total. The van der Waals surface area contributed by atoms with Crippen molar-refractivity contribution in [2.75, 3.05) is 0 Å². The Morgan fingerprint density at radius 3 is 1.91 bits per heavy atom. The number of halogens is 1.